The van der Waals surface area contributed by atoms with E-state index in [4.69, 9.17) is 5.73 Å². The molecule has 1 unspecified atom stereocenters. The molecule has 3 rings (SSSR count). The molecule has 0 saturated carbocycles. The lowest BCUT2D eigenvalue weighted by Crippen LogP contribution is -2.32. The smallest absolute Gasteiger partial charge is 0.0352 e. The van der Waals surface area contributed by atoms with Crippen molar-refractivity contribution in [2.75, 3.05) is 12.3 Å². The zero-order chi connectivity index (χ0) is 13.8. The second-order valence-corrected chi connectivity index (χ2v) is 5.64. The van der Waals surface area contributed by atoms with Crippen LogP contribution >= 0.6 is 0 Å². The molecule has 0 aliphatic carbocycles. The molecule has 2 aromatic rings. The van der Waals surface area contributed by atoms with Gasteiger partial charge in [-0.15, -0.1) is 0 Å². The van der Waals surface area contributed by atoms with Gasteiger partial charge in [-0.05, 0) is 42.6 Å². The van der Waals surface area contributed by atoms with Crippen LogP contribution in [0.2, 0.25) is 0 Å². The Bertz CT molecular complexity index is 550. The molecule has 0 bridgehead atoms. The summed E-state index contributed by atoms with van der Waals surface area (Å²) in [5.41, 5.74) is 9.57. The maximum atomic E-state index is 5.94. The summed E-state index contributed by atoms with van der Waals surface area (Å²) in [5, 5.41) is 0. The third kappa shape index (κ3) is 3.02. The van der Waals surface area contributed by atoms with Crippen LogP contribution in [0.5, 0.6) is 0 Å². The molecular weight excluding hydrogens is 244 g/mol. The van der Waals surface area contributed by atoms with Gasteiger partial charge < -0.3 is 5.73 Å². The Kier molecular flexibility index (Phi) is 4.03. The first-order chi connectivity index (χ1) is 9.83. The largest absolute Gasteiger partial charge is 0.399 e. The summed E-state index contributed by atoms with van der Waals surface area (Å²) >= 11 is 0. The van der Waals surface area contributed by atoms with E-state index in [1.807, 2.05) is 6.07 Å². The Morgan fingerprint density at radius 3 is 2.65 bits per heavy atom. The number of rotatable bonds is 3. The van der Waals surface area contributed by atoms with Crippen LogP contribution in [0.15, 0.2) is 54.6 Å². The van der Waals surface area contributed by atoms with Gasteiger partial charge in [-0.1, -0.05) is 48.9 Å². The zero-order valence-corrected chi connectivity index (χ0v) is 11.8. The van der Waals surface area contributed by atoms with E-state index in [1.165, 1.54) is 36.9 Å². The van der Waals surface area contributed by atoms with Crippen molar-refractivity contribution in [3.8, 4) is 0 Å². The first-order valence-electron chi connectivity index (χ1n) is 7.46. The van der Waals surface area contributed by atoms with Crippen LogP contribution in [-0.2, 0) is 6.54 Å². The molecule has 2 N–H and O–H groups in total. The van der Waals surface area contributed by atoms with E-state index in [0.717, 1.165) is 12.2 Å². The molecule has 2 heteroatoms. The Morgan fingerprint density at radius 2 is 1.85 bits per heavy atom. The van der Waals surface area contributed by atoms with Crippen molar-refractivity contribution >= 4 is 5.69 Å². The van der Waals surface area contributed by atoms with Gasteiger partial charge in [-0.3, -0.25) is 4.90 Å². The highest BCUT2D eigenvalue weighted by Crippen LogP contribution is 2.32. The van der Waals surface area contributed by atoms with Crippen LogP contribution in [0.1, 0.15) is 36.4 Å². The Balaban J connectivity index is 1.80. The first kappa shape index (κ1) is 13.2. The number of nitrogen functional groups attached to an aromatic ring is 1. The normalized spacial score (nSPS) is 19.9. The van der Waals surface area contributed by atoms with Gasteiger partial charge in [0.05, 0.1) is 0 Å². The molecule has 0 radical (unpaired) electrons. The minimum Gasteiger partial charge on any atom is -0.399 e. The lowest BCUT2D eigenvalue weighted by Gasteiger charge is -2.36. The van der Waals surface area contributed by atoms with E-state index in [0.29, 0.717) is 6.04 Å². The van der Waals surface area contributed by atoms with E-state index in [-0.39, 0.29) is 0 Å². The van der Waals surface area contributed by atoms with E-state index >= 15 is 0 Å². The SMILES string of the molecule is Nc1cccc(C2CCCCN2Cc2ccccc2)c1. The summed E-state index contributed by atoms with van der Waals surface area (Å²) < 4.78 is 0. The number of anilines is 1. The summed E-state index contributed by atoms with van der Waals surface area (Å²) in [6.45, 7) is 2.20. The van der Waals surface area contributed by atoms with E-state index in [2.05, 4.69) is 53.4 Å². The Hall–Kier alpha value is -1.80. The number of benzene rings is 2. The lowest BCUT2D eigenvalue weighted by atomic mass is 9.94. The predicted molar refractivity (Wildman–Crippen MR) is 84.3 cm³/mol. The molecule has 2 aromatic carbocycles. The van der Waals surface area contributed by atoms with Crippen molar-refractivity contribution in [3.05, 3.63) is 65.7 Å². The molecular formula is C18H22N2. The highest BCUT2D eigenvalue weighted by molar-refractivity contribution is 5.41. The molecule has 1 aliphatic rings. The molecule has 1 saturated heterocycles. The number of nitrogens with zero attached hydrogens (tertiary/aromatic N) is 1. The average molecular weight is 266 g/mol. The molecule has 1 fully saturated rings. The van der Waals surface area contributed by atoms with Gasteiger partial charge in [0.1, 0.15) is 0 Å². The highest BCUT2D eigenvalue weighted by Gasteiger charge is 2.23. The highest BCUT2D eigenvalue weighted by atomic mass is 15.2. The van der Waals surface area contributed by atoms with Gasteiger partial charge in [0.15, 0.2) is 0 Å². The summed E-state index contributed by atoms with van der Waals surface area (Å²) in [4.78, 5) is 2.59. The average Bonchev–Trinajstić information content (AvgIpc) is 2.49. The van der Waals surface area contributed by atoms with Gasteiger partial charge in [0.2, 0.25) is 0 Å². The lowest BCUT2D eigenvalue weighted by molar-refractivity contribution is 0.140. The molecule has 2 nitrogen and oxygen atoms in total. The quantitative estimate of drug-likeness (QED) is 0.851. The maximum absolute atomic E-state index is 5.94. The fraction of sp³-hybridized carbons (Fsp3) is 0.333. The number of hydrogen-bond acceptors (Lipinski definition) is 2. The van der Waals surface area contributed by atoms with Gasteiger partial charge >= 0.3 is 0 Å². The molecule has 104 valence electrons. The number of hydrogen-bond donors (Lipinski definition) is 1. The number of nitrogens with two attached hydrogens (primary N) is 1. The second kappa shape index (κ2) is 6.10. The van der Waals surface area contributed by atoms with E-state index in [9.17, 15) is 0 Å². The van der Waals surface area contributed by atoms with Crippen LogP contribution in [0.4, 0.5) is 5.69 Å². The van der Waals surface area contributed by atoms with Crippen molar-refractivity contribution in [2.24, 2.45) is 0 Å². The van der Waals surface area contributed by atoms with Crippen molar-refractivity contribution in [2.45, 2.75) is 31.8 Å². The van der Waals surface area contributed by atoms with Crippen molar-refractivity contribution in [1.29, 1.82) is 0 Å². The van der Waals surface area contributed by atoms with Gasteiger partial charge in [-0.2, -0.15) is 0 Å². The predicted octanol–water partition coefficient (Wildman–Crippen LogP) is 4.00. The second-order valence-electron chi connectivity index (χ2n) is 5.64. The molecule has 1 atom stereocenters. The molecule has 1 aliphatic heterocycles. The molecule has 1 heterocycles. The molecule has 0 spiro atoms. The minimum absolute atomic E-state index is 0.507. The van der Waals surface area contributed by atoms with Gasteiger partial charge in [0, 0.05) is 18.3 Å². The van der Waals surface area contributed by atoms with Crippen molar-refractivity contribution in [1.82, 2.24) is 4.90 Å². The first-order valence-corrected chi connectivity index (χ1v) is 7.46. The maximum Gasteiger partial charge on any atom is 0.0352 e. The number of likely N-dealkylation sites (tertiary alicyclic amines) is 1. The van der Waals surface area contributed by atoms with Gasteiger partial charge in [-0.25, -0.2) is 0 Å². The summed E-state index contributed by atoms with van der Waals surface area (Å²) in [5.74, 6) is 0. The van der Waals surface area contributed by atoms with Crippen molar-refractivity contribution < 1.29 is 0 Å². The molecule has 20 heavy (non-hydrogen) atoms. The third-order valence-corrected chi connectivity index (χ3v) is 4.14. The summed E-state index contributed by atoms with van der Waals surface area (Å²) in [6, 6.07) is 19.6. The monoisotopic (exact) mass is 266 g/mol. The summed E-state index contributed by atoms with van der Waals surface area (Å²) in [7, 11) is 0. The Labute approximate surface area is 121 Å². The molecule has 0 amide bonds. The fourth-order valence-electron chi connectivity index (χ4n) is 3.14. The minimum atomic E-state index is 0.507. The van der Waals surface area contributed by atoms with Crippen LogP contribution in [0, 0.1) is 0 Å². The van der Waals surface area contributed by atoms with Crippen LogP contribution in [-0.4, -0.2) is 11.4 Å². The van der Waals surface area contributed by atoms with Crippen LogP contribution in [0.3, 0.4) is 0 Å². The van der Waals surface area contributed by atoms with Crippen LogP contribution < -0.4 is 5.73 Å². The van der Waals surface area contributed by atoms with Crippen LogP contribution in [0.25, 0.3) is 0 Å². The topological polar surface area (TPSA) is 29.3 Å². The third-order valence-electron chi connectivity index (χ3n) is 4.14. The zero-order valence-electron chi connectivity index (χ0n) is 11.8. The number of piperidine rings is 1. The van der Waals surface area contributed by atoms with E-state index in [1.54, 1.807) is 0 Å². The van der Waals surface area contributed by atoms with Gasteiger partial charge in [0.25, 0.3) is 0 Å². The van der Waals surface area contributed by atoms with E-state index < -0.39 is 0 Å². The van der Waals surface area contributed by atoms with Crippen molar-refractivity contribution in [3.63, 3.8) is 0 Å². The standard InChI is InChI=1S/C18H22N2/c19-17-10-6-9-16(13-17)18-11-4-5-12-20(18)14-15-7-2-1-3-8-15/h1-3,6-10,13,18H,4-5,11-12,14,19H2. The Morgan fingerprint density at radius 1 is 1.00 bits per heavy atom. The molecule has 0 aromatic heterocycles. The fourth-order valence-corrected chi connectivity index (χ4v) is 3.14. The summed E-state index contributed by atoms with van der Waals surface area (Å²) in [6.07, 6.45) is 3.84.